The average Bonchev–Trinajstić information content (AvgIpc) is 2.63. The topological polar surface area (TPSA) is 62.3 Å². The molecule has 0 aliphatic carbocycles. The van der Waals surface area contributed by atoms with Crippen LogP contribution in [-0.2, 0) is 4.79 Å². The molecule has 1 aliphatic rings. The quantitative estimate of drug-likeness (QED) is 0.780. The van der Waals surface area contributed by atoms with E-state index in [0.29, 0.717) is 29.5 Å². The first-order valence-electron chi connectivity index (χ1n) is 8.43. The van der Waals surface area contributed by atoms with Crippen molar-refractivity contribution in [1.82, 2.24) is 9.88 Å². The van der Waals surface area contributed by atoms with Crippen molar-refractivity contribution in [2.24, 2.45) is 5.92 Å². The second kappa shape index (κ2) is 8.18. The van der Waals surface area contributed by atoms with Crippen molar-refractivity contribution in [2.45, 2.75) is 19.8 Å². The van der Waals surface area contributed by atoms with Gasteiger partial charge in [-0.3, -0.25) is 9.59 Å². The molecule has 1 aromatic heterocycles. The third kappa shape index (κ3) is 4.43. The Balaban J connectivity index is 1.69. The van der Waals surface area contributed by atoms with Gasteiger partial charge in [-0.05, 0) is 50.1 Å². The summed E-state index contributed by atoms with van der Waals surface area (Å²) in [5.74, 6) is 0.0119. The highest BCUT2D eigenvalue weighted by atomic mass is 79.9. The number of hydrogen-bond donors (Lipinski definition) is 1. The normalized spacial score (nSPS) is 17.0. The highest BCUT2D eigenvalue weighted by Gasteiger charge is 2.30. The molecular weight excluding hydrogens is 418 g/mol. The van der Waals surface area contributed by atoms with E-state index in [1.54, 1.807) is 29.2 Å². The molecule has 2 aromatic rings. The van der Waals surface area contributed by atoms with E-state index in [2.05, 4.69) is 26.2 Å². The molecule has 26 heavy (non-hydrogen) atoms. The number of benzene rings is 1. The first-order chi connectivity index (χ1) is 12.4. The number of rotatable bonds is 3. The number of piperidine rings is 1. The predicted molar refractivity (Wildman–Crippen MR) is 105 cm³/mol. The third-order valence-electron chi connectivity index (χ3n) is 4.38. The molecule has 3 rings (SSSR count). The van der Waals surface area contributed by atoms with Gasteiger partial charge in [0.05, 0.1) is 16.5 Å². The zero-order valence-electron chi connectivity index (χ0n) is 14.3. The number of carbonyl (C=O) groups is 2. The molecule has 1 aliphatic heterocycles. The van der Waals surface area contributed by atoms with Crippen molar-refractivity contribution >= 4 is 45.2 Å². The largest absolute Gasteiger partial charge is 0.338 e. The van der Waals surface area contributed by atoms with Crippen LogP contribution >= 0.6 is 27.5 Å². The van der Waals surface area contributed by atoms with Crippen LogP contribution in [0.3, 0.4) is 0 Å². The number of aromatic nitrogens is 1. The molecule has 2 heterocycles. The lowest BCUT2D eigenvalue weighted by molar-refractivity contribution is -0.121. The monoisotopic (exact) mass is 435 g/mol. The summed E-state index contributed by atoms with van der Waals surface area (Å²) in [5, 5.41) is 3.26. The van der Waals surface area contributed by atoms with Crippen molar-refractivity contribution in [3.63, 3.8) is 0 Å². The molecule has 1 aromatic carbocycles. The van der Waals surface area contributed by atoms with Crippen LogP contribution in [0.2, 0.25) is 5.02 Å². The van der Waals surface area contributed by atoms with Crippen LogP contribution in [0.25, 0.3) is 0 Å². The number of carbonyl (C=O) groups excluding carboxylic acids is 2. The van der Waals surface area contributed by atoms with Gasteiger partial charge in [0.1, 0.15) is 5.82 Å². The van der Waals surface area contributed by atoms with Crippen LogP contribution in [0.5, 0.6) is 0 Å². The molecule has 0 bridgehead atoms. The Morgan fingerprint density at radius 1 is 1.31 bits per heavy atom. The maximum Gasteiger partial charge on any atom is 0.255 e. The number of aryl methyl sites for hydroxylation is 1. The number of amides is 2. The Labute approximate surface area is 165 Å². The van der Waals surface area contributed by atoms with E-state index >= 15 is 0 Å². The van der Waals surface area contributed by atoms with E-state index in [9.17, 15) is 9.59 Å². The Kier molecular flexibility index (Phi) is 5.94. The first kappa shape index (κ1) is 18.9. The van der Waals surface area contributed by atoms with Crippen LogP contribution in [-0.4, -0.2) is 34.8 Å². The summed E-state index contributed by atoms with van der Waals surface area (Å²) in [5.41, 5.74) is 1.29. The van der Waals surface area contributed by atoms with Gasteiger partial charge in [0, 0.05) is 23.3 Å². The van der Waals surface area contributed by atoms with E-state index in [1.807, 2.05) is 19.1 Å². The minimum Gasteiger partial charge on any atom is -0.338 e. The molecule has 0 saturated carbocycles. The maximum absolute atomic E-state index is 12.8. The molecular formula is C19H19BrClN3O2. The number of hydrogen-bond acceptors (Lipinski definition) is 3. The number of likely N-dealkylation sites (tertiary alicyclic amines) is 1. The number of pyridine rings is 1. The molecule has 136 valence electrons. The van der Waals surface area contributed by atoms with Crippen molar-refractivity contribution in [3.8, 4) is 0 Å². The van der Waals surface area contributed by atoms with Gasteiger partial charge in [0.2, 0.25) is 5.91 Å². The molecule has 1 fully saturated rings. The number of nitrogens with one attached hydrogen (secondary N) is 1. The van der Waals surface area contributed by atoms with Gasteiger partial charge in [0.15, 0.2) is 0 Å². The van der Waals surface area contributed by atoms with Crippen molar-refractivity contribution in [3.05, 3.63) is 57.2 Å². The Morgan fingerprint density at radius 2 is 2.12 bits per heavy atom. The van der Waals surface area contributed by atoms with Gasteiger partial charge >= 0.3 is 0 Å². The summed E-state index contributed by atoms with van der Waals surface area (Å²) in [7, 11) is 0. The summed E-state index contributed by atoms with van der Waals surface area (Å²) >= 11 is 9.54. The minimum absolute atomic E-state index is 0.110. The van der Waals surface area contributed by atoms with Crippen LogP contribution in [0.4, 0.5) is 5.82 Å². The minimum atomic E-state index is -0.263. The lowest BCUT2D eigenvalue weighted by Crippen LogP contribution is -2.44. The molecule has 0 spiro atoms. The van der Waals surface area contributed by atoms with Crippen LogP contribution < -0.4 is 5.32 Å². The lowest BCUT2D eigenvalue weighted by atomic mass is 9.96. The molecule has 7 heteroatoms. The molecule has 5 nitrogen and oxygen atoms in total. The highest BCUT2D eigenvalue weighted by Crippen LogP contribution is 2.25. The number of nitrogens with zero attached hydrogens (tertiary/aromatic N) is 2. The summed E-state index contributed by atoms with van der Waals surface area (Å²) < 4.78 is 0.794. The summed E-state index contributed by atoms with van der Waals surface area (Å²) in [4.78, 5) is 31.4. The SMILES string of the molecule is Cc1cccc(NC(=O)C2CCCN(C(=O)c3cc(Br)ccc3Cl)C2)n1. The Bertz CT molecular complexity index is 843. The smallest absolute Gasteiger partial charge is 0.255 e. The summed E-state index contributed by atoms with van der Waals surface area (Å²) in [6.45, 7) is 2.87. The van der Waals surface area contributed by atoms with Crippen molar-refractivity contribution < 1.29 is 9.59 Å². The van der Waals surface area contributed by atoms with E-state index in [0.717, 1.165) is 23.0 Å². The van der Waals surface area contributed by atoms with E-state index in [1.165, 1.54) is 0 Å². The zero-order valence-corrected chi connectivity index (χ0v) is 16.7. The van der Waals surface area contributed by atoms with E-state index < -0.39 is 0 Å². The van der Waals surface area contributed by atoms with Crippen LogP contribution in [0, 0.1) is 12.8 Å². The lowest BCUT2D eigenvalue weighted by Gasteiger charge is -2.32. The van der Waals surface area contributed by atoms with E-state index in [-0.39, 0.29) is 17.7 Å². The first-order valence-corrected chi connectivity index (χ1v) is 9.60. The predicted octanol–water partition coefficient (Wildman–Crippen LogP) is 4.30. The standard InChI is InChI=1S/C19H19BrClN3O2/c1-12-4-2-6-17(22-12)23-18(25)13-5-3-9-24(11-13)19(26)15-10-14(20)7-8-16(15)21/h2,4,6-8,10,13H,3,5,9,11H2,1H3,(H,22,23,25). The van der Waals surface area contributed by atoms with Crippen molar-refractivity contribution in [2.75, 3.05) is 18.4 Å². The van der Waals surface area contributed by atoms with Crippen LogP contribution in [0.1, 0.15) is 28.9 Å². The zero-order chi connectivity index (χ0) is 18.7. The van der Waals surface area contributed by atoms with Crippen LogP contribution in [0.15, 0.2) is 40.9 Å². The third-order valence-corrected chi connectivity index (χ3v) is 5.20. The second-order valence-electron chi connectivity index (χ2n) is 6.37. The van der Waals surface area contributed by atoms with Gasteiger partial charge < -0.3 is 10.2 Å². The highest BCUT2D eigenvalue weighted by molar-refractivity contribution is 9.10. The van der Waals surface area contributed by atoms with Crippen molar-refractivity contribution in [1.29, 1.82) is 0 Å². The second-order valence-corrected chi connectivity index (χ2v) is 7.69. The molecule has 1 saturated heterocycles. The molecule has 1 N–H and O–H groups in total. The fourth-order valence-corrected chi connectivity index (χ4v) is 3.61. The molecule has 1 atom stereocenters. The number of anilines is 1. The summed E-state index contributed by atoms with van der Waals surface area (Å²) in [6, 6.07) is 10.7. The number of halogens is 2. The van der Waals surface area contributed by atoms with E-state index in [4.69, 9.17) is 11.6 Å². The molecule has 0 radical (unpaired) electrons. The van der Waals surface area contributed by atoms with Gasteiger partial charge in [-0.25, -0.2) is 4.98 Å². The molecule has 2 amide bonds. The Hall–Kier alpha value is -1.92. The van der Waals surface area contributed by atoms with Gasteiger partial charge in [-0.15, -0.1) is 0 Å². The fraction of sp³-hybridized carbons (Fsp3) is 0.316. The molecule has 1 unspecified atom stereocenters. The fourth-order valence-electron chi connectivity index (χ4n) is 3.05. The van der Waals surface area contributed by atoms with Gasteiger partial charge in [-0.1, -0.05) is 33.6 Å². The maximum atomic E-state index is 12.8. The Morgan fingerprint density at radius 3 is 2.88 bits per heavy atom. The van der Waals surface area contributed by atoms with Gasteiger partial charge in [-0.2, -0.15) is 0 Å². The summed E-state index contributed by atoms with van der Waals surface area (Å²) in [6.07, 6.45) is 1.52. The van der Waals surface area contributed by atoms with Gasteiger partial charge in [0.25, 0.3) is 5.91 Å². The average molecular weight is 437 g/mol.